The number of rotatable bonds is 9. The fourth-order valence-corrected chi connectivity index (χ4v) is 4.12. The average Bonchev–Trinajstić information content (AvgIpc) is 3.26. The topological polar surface area (TPSA) is 89.4 Å². The van der Waals surface area contributed by atoms with Crippen molar-refractivity contribution in [2.24, 2.45) is 0 Å². The molecule has 1 aromatic heterocycles. The third-order valence-electron chi connectivity index (χ3n) is 5.85. The van der Waals surface area contributed by atoms with Crippen molar-refractivity contribution in [3.8, 4) is 0 Å². The standard InChI is InChI=1S/C27H29N5O3/c1-19-9-8-11-21(17-19)32(25(33)18-31-24-14-7-6-13-23(24)29-30-31)26(27(34)28-15-16-35-3)22-12-5-4-10-20(22)2/h4-14,17,26H,15-16,18H2,1-3H3,(H,28,34)/t26-/m0/s1. The smallest absolute Gasteiger partial charge is 0.249 e. The summed E-state index contributed by atoms with van der Waals surface area (Å²) in [6.07, 6.45) is 0. The first-order valence-corrected chi connectivity index (χ1v) is 11.5. The quantitative estimate of drug-likeness (QED) is 0.377. The van der Waals surface area contributed by atoms with Crippen molar-refractivity contribution in [1.82, 2.24) is 20.3 Å². The molecule has 35 heavy (non-hydrogen) atoms. The van der Waals surface area contributed by atoms with E-state index < -0.39 is 6.04 Å². The van der Waals surface area contributed by atoms with Gasteiger partial charge in [0.1, 0.15) is 18.1 Å². The second-order valence-corrected chi connectivity index (χ2v) is 8.38. The highest BCUT2D eigenvalue weighted by atomic mass is 16.5. The van der Waals surface area contributed by atoms with Crippen LogP contribution < -0.4 is 10.2 Å². The number of carbonyl (C=O) groups excluding carboxylic acids is 2. The molecule has 0 aliphatic carbocycles. The summed E-state index contributed by atoms with van der Waals surface area (Å²) in [5.74, 6) is -0.559. The SMILES string of the molecule is COCCNC(=O)[C@H](c1ccccc1C)N(C(=O)Cn1nnc2ccccc21)c1cccc(C)c1. The third-order valence-corrected chi connectivity index (χ3v) is 5.85. The summed E-state index contributed by atoms with van der Waals surface area (Å²) in [7, 11) is 1.58. The molecule has 0 radical (unpaired) electrons. The van der Waals surface area contributed by atoms with E-state index in [9.17, 15) is 9.59 Å². The van der Waals surface area contributed by atoms with E-state index in [1.807, 2.05) is 86.6 Å². The highest BCUT2D eigenvalue weighted by molar-refractivity contribution is 6.01. The number of fused-ring (bicyclic) bond motifs is 1. The largest absolute Gasteiger partial charge is 0.383 e. The Morgan fingerprint density at radius 3 is 2.57 bits per heavy atom. The Hall–Kier alpha value is -4.04. The zero-order valence-corrected chi connectivity index (χ0v) is 20.1. The zero-order chi connectivity index (χ0) is 24.8. The number of aromatic nitrogens is 3. The number of nitrogens with zero attached hydrogens (tertiary/aromatic N) is 4. The van der Waals surface area contributed by atoms with Gasteiger partial charge in [-0.1, -0.05) is 53.7 Å². The summed E-state index contributed by atoms with van der Waals surface area (Å²) < 4.78 is 6.67. The van der Waals surface area contributed by atoms with E-state index in [0.717, 1.165) is 22.2 Å². The van der Waals surface area contributed by atoms with Crippen molar-refractivity contribution in [3.63, 3.8) is 0 Å². The molecular formula is C27H29N5O3. The molecule has 3 aromatic carbocycles. The molecule has 8 heteroatoms. The van der Waals surface area contributed by atoms with Crippen LogP contribution in [0.5, 0.6) is 0 Å². The average molecular weight is 472 g/mol. The van der Waals surface area contributed by atoms with Crippen LogP contribution in [0.4, 0.5) is 5.69 Å². The highest BCUT2D eigenvalue weighted by Crippen LogP contribution is 2.31. The van der Waals surface area contributed by atoms with Crippen LogP contribution in [-0.2, 0) is 20.9 Å². The maximum atomic E-state index is 14.0. The zero-order valence-electron chi connectivity index (χ0n) is 20.1. The lowest BCUT2D eigenvalue weighted by atomic mass is 9.98. The molecule has 0 saturated heterocycles. The first-order valence-electron chi connectivity index (χ1n) is 11.5. The molecule has 1 atom stereocenters. The van der Waals surface area contributed by atoms with Crippen molar-refractivity contribution in [2.45, 2.75) is 26.4 Å². The molecule has 8 nitrogen and oxygen atoms in total. The van der Waals surface area contributed by atoms with Crippen LogP contribution in [0.25, 0.3) is 11.0 Å². The van der Waals surface area contributed by atoms with Gasteiger partial charge in [-0.2, -0.15) is 0 Å². The van der Waals surface area contributed by atoms with Gasteiger partial charge in [-0.15, -0.1) is 5.10 Å². The van der Waals surface area contributed by atoms with Gasteiger partial charge in [0.2, 0.25) is 11.8 Å². The first-order chi connectivity index (χ1) is 17.0. The van der Waals surface area contributed by atoms with Gasteiger partial charge >= 0.3 is 0 Å². The second kappa shape index (κ2) is 10.9. The summed E-state index contributed by atoms with van der Waals surface area (Å²) in [5.41, 5.74) is 4.73. The number of carbonyl (C=O) groups is 2. The van der Waals surface area contributed by atoms with E-state index in [-0.39, 0.29) is 18.4 Å². The third kappa shape index (κ3) is 5.38. The van der Waals surface area contributed by atoms with Gasteiger partial charge in [0, 0.05) is 19.3 Å². The number of ether oxygens (including phenoxy) is 1. The first kappa shape index (κ1) is 24.1. The lowest BCUT2D eigenvalue weighted by Crippen LogP contribution is -2.46. The molecule has 2 amide bonds. The van der Waals surface area contributed by atoms with Gasteiger partial charge in [-0.3, -0.25) is 14.5 Å². The van der Waals surface area contributed by atoms with Crippen molar-refractivity contribution in [3.05, 3.63) is 89.5 Å². The van der Waals surface area contributed by atoms with Crippen molar-refractivity contribution in [1.29, 1.82) is 0 Å². The number of anilines is 1. The van der Waals surface area contributed by atoms with Gasteiger partial charge in [0.25, 0.3) is 0 Å². The molecule has 4 aromatic rings. The molecule has 1 heterocycles. The van der Waals surface area contributed by atoms with Gasteiger partial charge in [0.15, 0.2) is 0 Å². The van der Waals surface area contributed by atoms with Gasteiger partial charge in [0.05, 0.1) is 12.1 Å². The van der Waals surface area contributed by atoms with Gasteiger partial charge in [-0.25, -0.2) is 4.68 Å². The number of benzene rings is 3. The fourth-order valence-electron chi connectivity index (χ4n) is 4.12. The van der Waals surface area contributed by atoms with Crippen molar-refractivity contribution in [2.75, 3.05) is 25.2 Å². The Labute approximate surface area is 204 Å². The van der Waals surface area contributed by atoms with Gasteiger partial charge in [-0.05, 0) is 54.8 Å². The number of hydrogen-bond acceptors (Lipinski definition) is 5. The van der Waals surface area contributed by atoms with Crippen molar-refractivity contribution < 1.29 is 14.3 Å². The predicted octanol–water partition coefficient (Wildman–Crippen LogP) is 3.59. The normalized spacial score (nSPS) is 11.9. The van der Waals surface area contributed by atoms with Crippen LogP contribution in [0.1, 0.15) is 22.7 Å². The van der Waals surface area contributed by atoms with Crippen LogP contribution in [0, 0.1) is 13.8 Å². The Morgan fingerprint density at radius 1 is 1.03 bits per heavy atom. The number of methoxy groups -OCH3 is 1. The number of aryl methyl sites for hydroxylation is 2. The Bertz CT molecular complexity index is 1330. The lowest BCUT2D eigenvalue weighted by molar-refractivity contribution is -0.127. The van der Waals surface area contributed by atoms with Crippen molar-refractivity contribution >= 4 is 28.5 Å². The molecule has 0 saturated carbocycles. The Morgan fingerprint density at radius 2 is 1.80 bits per heavy atom. The molecule has 0 fully saturated rings. The second-order valence-electron chi connectivity index (χ2n) is 8.38. The summed E-state index contributed by atoms with van der Waals surface area (Å²) >= 11 is 0. The van der Waals surface area contributed by atoms with E-state index in [4.69, 9.17) is 4.74 Å². The summed E-state index contributed by atoms with van der Waals surface area (Å²) in [6, 6.07) is 21.8. The Kier molecular flexibility index (Phi) is 7.52. The molecule has 0 aliphatic heterocycles. The van der Waals surface area contributed by atoms with E-state index in [1.165, 1.54) is 0 Å². The summed E-state index contributed by atoms with van der Waals surface area (Å²) in [5, 5.41) is 11.3. The number of nitrogens with one attached hydrogen (secondary N) is 1. The molecular weight excluding hydrogens is 442 g/mol. The minimum atomic E-state index is -0.878. The predicted molar refractivity (Wildman–Crippen MR) is 135 cm³/mol. The summed E-state index contributed by atoms with van der Waals surface area (Å²) in [6.45, 7) is 4.53. The fraction of sp³-hybridized carbons (Fsp3) is 0.259. The summed E-state index contributed by atoms with van der Waals surface area (Å²) in [4.78, 5) is 29.1. The van der Waals surface area contributed by atoms with Crippen LogP contribution >= 0.6 is 0 Å². The molecule has 0 bridgehead atoms. The monoisotopic (exact) mass is 471 g/mol. The van der Waals surface area contributed by atoms with Gasteiger partial charge < -0.3 is 10.1 Å². The van der Waals surface area contributed by atoms with E-state index in [1.54, 1.807) is 16.7 Å². The highest BCUT2D eigenvalue weighted by Gasteiger charge is 2.34. The van der Waals surface area contributed by atoms with Crippen LogP contribution in [-0.4, -0.2) is 47.1 Å². The number of hydrogen-bond donors (Lipinski definition) is 1. The van der Waals surface area contributed by atoms with Crippen LogP contribution in [0.15, 0.2) is 72.8 Å². The lowest BCUT2D eigenvalue weighted by Gasteiger charge is -2.32. The van der Waals surface area contributed by atoms with E-state index in [0.29, 0.717) is 24.4 Å². The van der Waals surface area contributed by atoms with E-state index in [2.05, 4.69) is 15.6 Å². The van der Waals surface area contributed by atoms with Crippen LogP contribution in [0.2, 0.25) is 0 Å². The molecule has 0 aliphatic rings. The molecule has 180 valence electrons. The Balaban J connectivity index is 1.79. The maximum absolute atomic E-state index is 14.0. The number of amides is 2. The van der Waals surface area contributed by atoms with E-state index >= 15 is 0 Å². The molecule has 0 spiro atoms. The minimum absolute atomic E-state index is 0.0673. The minimum Gasteiger partial charge on any atom is -0.383 e. The van der Waals surface area contributed by atoms with Crippen LogP contribution in [0.3, 0.4) is 0 Å². The maximum Gasteiger partial charge on any atom is 0.249 e. The molecule has 0 unspecified atom stereocenters. The number of para-hydroxylation sites is 1. The molecule has 1 N–H and O–H groups in total. The molecule has 4 rings (SSSR count).